The van der Waals surface area contributed by atoms with Crippen LogP contribution in [0, 0.1) is 5.82 Å². The maximum Gasteiger partial charge on any atom is 0.414 e. The van der Waals surface area contributed by atoms with Crippen molar-refractivity contribution in [1.82, 2.24) is 15.6 Å². The molecule has 0 bridgehead atoms. The van der Waals surface area contributed by atoms with Crippen LogP contribution in [0.2, 0.25) is 0 Å². The van der Waals surface area contributed by atoms with Crippen molar-refractivity contribution in [2.45, 2.75) is 19.6 Å². The fourth-order valence-corrected chi connectivity index (χ4v) is 3.40. The van der Waals surface area contributed by atoms with Gasteiger partial charge in [-0.3, -0.25) is 14.5 Å². The predicted octanol–water partition coefficient (Wildman–Crippen LogP) is 2.87. The summed E-state index contributed by atoms with van der Waals surface area (Å²) in [7, 11) is 0. The summed E-state index contributed by atoms with van der Waals surface area (Å²) < 4.78 is 24.9. The highest BCUT2D eigenvalue weighted by Crippen LogP contribution is 2.29. The summed E-state index contributed by atoms with van der Waals surface area (Å²) in [6, 6.07) is 11.0. The fourth-order valence-electron chi connectivity index (χ4n) is 3.40. The van der Waals surface area contributed by atoms with Gasteiger partial charge in [-0.15, -0.1) is 0 Å². The van der Waals surface area contributed by atoms with E-state index in [4.69, 9.17) is 9.15 Å². The molecule has 10 heteroatoms. The number of rotatable bonds is 7. The van der Waals surface area contributed by atoms with Gasteiger partial charge in [-0.25, -0.2) is 14.2 Å². The monoisotopic (exact) mass is 452 g/mol. The SMILES string of the molecule is CC(=O)NC[C@H]1CN(c2ccc(-c3ccc(C(=O)NCc4cocn4)cc3)c(F)c2)C(=O)O1. The number of carbonyl (C=O) groups excluding carboxylic acids is 3. The van der Waals surface area contributed by atoms with E-state index in [0.29, 0.717) is 28.1 Å². The lowest BCUT2D eigenvalue weighted by Crippen LogP contribution is -2.33. The van der Waals surface area contributed by atoms with Crippen molar-refractivity contribution < 1.29 is 27.9 Å². The highest BCUT2D eigenvalue weighted by Gasteiger charge is 2.32. The number of amides is 3. The Bertz CT molecular complexity index is 1160. The summed E-state index contributed by atoms with van der Waals surface area (Å²) in [4.78, 5) is 40.7. The number of halogens is 1. The number of anilines is 1. The van der Waals surface area contributed by atoms with Crippen LogP contribution < -0.4 is 15.5 Å². The first-order chi connectivity index (χ1) is 15.9. The molecule has 1 fully saturated rings. The van der Waals surface area contributed by atoms with E-state index in [9.17, 15) is 18.8 Å². The molecule has 2 aromatic carbocycles. The molecular formula is C23H21FN4O5. The van der Waals surface area contributed by atoms with Crippen molar-refractivity contribution >= 4 is 23.6 Å². The molecule has 0 spiro atoms. The second-order valence-corrected chi connectivity index (χ2v) is 7.46. The summed E-state index contributed by atoms with van der Waals surface area (Å²) in [6.45, 7) is 2.00. The number of aromatic nitrogens is 1. The Morgan fingerprint density at radius 1 is 1.18 bits per heavy atom. The molecule has 170 valence electrons. The zero-order valence-corrected chi connectivity index (χ0v) is 17.7. The van der Waals surface area contributed by atoms with E-state index in [1.165, 1.54) is 30.5 Å². The molecule has 0 radical (unpaired) electrons. The van der Waals surface area contributed by atoms with Crippen LogP contribution in [0.25, 0.3) is 11.1 Å². The van der Waals surface area contributed by atoms with E-state index >= 15 is 0 Å². The number of nitrogens with zero attached hydrogens (tertiary/aromatic N) is 2. The minimum Gasteiger partial charge on any atom is -0.451 e. The number of carbonyl (C=O) groups is 3. The Morgan fingerprint density at radius 2 is 1.97 bits per heavy atom. The van der Waals surface area contributed by atoms with Crippen molar-refractivity contribution in [3.05, 3.63) is 72.2 Å². The molecule has 3 amide bonds. The Morgan fingerprint density at radius 3 is 2.64 bits per heavy atom. The molecule has 3 aromatic rings. The predicted molar refractivity (Wildman–Crippen MR) is 116 cm³/mol. The first kappa shape index (κ1) is 22.0. The molecule has 33 heavy (non-hydrogen) atoms. The van der Waals surface area contributed by atoms with Crippen molar-refractivity contribution in [2.24, 2.45) is 0 Å². The number of nitrogens with one attached hydrogen (secondary N) is 2. The maximum absolute atomic E-state index is 14.9. The van der Waals surface area contributed by atoms with Gasteiger partial charge in [0.05, 0.1) is 31.0 Å². The van der Waals surface area contributed by atoms with Gasteiger partial charge in [0.2, 0.25) is 5.91 Å². The molecule has 1 atom stereocenters. The third kappa shape index (κ3) is 5.17. The topological polar surface area (TPSA) is 114 Å². The third-order valence-electron chi connectivity index (χ3n) is 5.09. The van der Waals surface area contributed by atoms with E-state index in [1.54, 1.807) is 36.4 Å². The third-order valence-corrected chi connectivity index (χ3v) is 5.09. The van der Waals surface area contributed by atoms with Crippen LogP contribution in [-0.2, 0) is 16.1 Å². The van der Waals surface area contributed by atoms with Gasteiger partial charge in [0.1, 0.15) is 18.2 Å². The molecule has 4 rings (SSSR count). The molecule has 1 aliphatic rings. The van der Waals surface area contributed by atoms with Crippen LogP contribution >= 0.6 is 0 Å². The summed E-state index contributed by atoms with van der Waals surface area (Å²) in [6.07, 6.45) is 1.62. The number of hydrogen-bond acceptors (Lipinski definition) is 6. The van der Waals surface area contributed by atoms with Crippen molar-refractivity contribution in [3.8, 4) is 11.1 Å². The minimum atomic E-state index is -0.599. The van der Waals surface area contributed by atoms with E-state index in [-0.39, 0.29) is 31.4 Å². The average molecular weight is 452 g/mol. The molecule has 0 saturated carbocycles. The first-order valence-corrected chi connectivity index (χ1v) is 10.2. The summed E-state index contributed by atoms with van der Waals surface area (Å²) in [5.74, 6) is -1.03. The lowest BCUT2D eigenvalue weighted by atomic mass is 10.0. The van der Waals surface area contributed by atoms with Gasteiger partial charge < -0.3 is 19.8 Å². The summed E-state index contributed by atoms with van der Waals surface area (Å²) >= 11 is 0. The van der Waals surface area contributed by atoms with Crippen molar-refractivity contribution in [1.29, 1.82) is 0 Å². The van der Waals surface area contributed by atoms with Gasteiger partial charge in [0.15, 0.2) is 6.39 Å². The van der Waals surface area contributed by atoms with Gasteiger partial charge in [-0.1, -0.05) is 12.1 Å². The number of oxazole rings is 1. The number of ether oxygens (including phenoxy) is 1. The summed E-state index contributed by atoms with van der Waals surface area (Å²) in [5, 5.41) is 5.32. The molecule has 1 saturated heterocycles. The highest BCUT2D eigenvalue weighted by molar-refractivity contribution is 5.94. The smallest absolute Gasteiger partial charge is 0.414 e. The van der Waals surface area contributed by atoms with Gasteiger partial charge in [0, 0.05) is 18.1 Å². The molecule has 0 unspecified atom stereocenters. The Balaban J connectivity index is 1.42. The van der Waals surface area contributed by atoms with Crippen LogP contribution in [0.3, 0.4) is 0 Å². The molecular weight excluding hydrogens is 431 g/mol. The standard InChI is InChI=1S/C23H21FN4O5/c1-14(29)25-10-19-11-28(23(31)33-19)18-6-7-20(21(24)8-18)15-2-4-16(5-3-15)22(30)26-9-17-12-32-13-27-17/h2-8,12-13,19H,9-11H2,1H3,(H,25,29)(H,26,30)/t19-/m0/s1. The highest BCUT2D eigenvalue weighted by atomic mass is 19.1. The second-order valence-electron chi connectivity index (χ2n) is 7.46. The number of benzene rings is 2. The van der Waals surface area contributed by atoms with Gasteiger partial charge in [-0.05, 0) is 35.9 Å². The Kier molecular flexibility index (Phi) is 6.34. The average Bonchev–Trinajstić information content (AvgIpc) is 3.45. The van der Waals surface area contributed by atoms with Crippen molar-refractivity contribution in [3.63, 3.8) is 0 Å². The van der Waals surface area contributed by atoms with Crippen LogP contribution in [0.1, 0.15) is 23.0 Å². The second kappa shape index (κ2) is 9.51. The largest absolute Gasteiger partial charge is 0.451 e. The van der Waals surface area contributed by atoms with Crippen molar-refractivity contribution in [2.75, 3.05) is 18.0 Å². The van der Waals surface area contributed by atoms with Crippen LogP contribution in [0.5, 0.6) is 0 Å². The molecule has 2 heterocycles. The number of hydrogen-bond donors (Lipinski definition) is 2. The molecule has 0 aliphatic carbocycles. The fraction of sp³-hybridized carbons (Fsp3) is 0.217. The van der Waals surface area contributed by atoms with Crippen LogP contribution in [0.4, 0.5) is 14.9 Å². The van der Waals surface area contributed by atoms with E-state index in [1.807, 2.05) is 0 Å². The Hall–Kier alpha value is -4.21. The molecule has 9 nitrogen and oxygen atoms in total. The van der Waals surface area contributed by atoms with E-state index in [0.717, 1.165) is 0 Å². The first-order valence-electron chi connectivity index (χ1n) is 10.2. The molecule has 1 aliphatic heterocycles. The quantitative estimate of drug-likeness (QED) is 0.570. The molecule has 1 aromatic heterocycles. The van der Waals surface area contributed by atoms with E-state index in [2.05, 4.69) is 15.6 Å². The Labute approximate surface area is 188 Å². The van der Waals surface area contributed by atoms with Gasteiger partial charge >= 0.3 is 6.09 Å². The lowest BCUT2D eigenvalue weighted by molar-refractivity contribution is -0.119. The van der Waals surface area contributed by atoms with E-state index < -0.39 is 18.0 Å². The summed E-state index contributed by atoms with van der Waals surface area (Å²) in [5.41, 5.74) is 2.29. The minimum absolute atomic E-state index is 0.191. The maximum atomic E-state index is 14.9. The normalized spacial score (nSPS) is 15.3. The van der Waals surface area contributed by atoms with Gasteiger partial charge in [0.25, 0.3) is 5.91 Å². The van der Waals surface area contributed by atoms with Crippen LogP contribution in [0.15, 0.2) is 59.5 Å². The number of cyclic esters (lactones) is 1. The zero-order valence-electron chi connectivity index (χ0n) is 17.7. The zero-order chi connectivity index (χ0) is 23.4. The molecule has 2 N–H and O–H groups in total. The van der Waals surface area contributed by atoms with Gasteiger partial charge in [-0.2, -0.15) is 0 Å². The van der Waals surface area contributed by atoms with Crippen LogP contribution in [-0.4, -0.2) is 42.1 Å². The lowest BCUT2D eigenvalue weighted by Gasteiger charge is -2.14.